The number of carbonyl (C=O) groups excluding carboxylic acids is 2. The normalized spacial score (nSPS) is 8.90. The number of nitrogens with zero attached hydrogens (tertiary/aromatic N) is 1. The maximum atomic E-state index is 10.3. The first-order valence-electron chi connectivity index (χ1n) is 2.71. The Kier molecular flexibility index (Phi) is 4.91. The van der Waals surface area contributed by atoms with Gasteiger partial charge < -0.3 is 4.74 Å². The lowest BCUT2D eigenvalue weighted by Gasteiger charge is -1.87. The van der Waals surface area contributed by atoms with Crippen molar-refractivity contribution in [3.8, 4) is 0 Å². The summed E-state index contributed by atoms with van der Waals surface area (Å²) in [5, 5.41) is 0. The molecule has 0 aromatic heterocycles. The third kappa shape index (κ3) is 4.74. The van der Waals surface area contributed by atoms with Gasteiger partial charge in [0, 0.05) is 6.08 Å². The van der Waals surface area contributed by atoms with E-state index in [9.17, 15) is 9.59 Å². The van der Waals surface area contributed by atoms with Crippen LogP contribution in [0.4, 0.5) is 0 Å². The van der Waals surface area contributed by atoms with Crippen LogP contribution in [0.2, 0.25) is 0 Å². The van der Waals surface area contributed by atoms with Gasteiger partial charge in [-0.15, -0.1) is 4.99 Å². The summed E-state index contributed by atoms with van der Waals surface area (Å²) < 4.78 is 4.66. The summed E-state index contributed by atoms with van der Waals surface area (Å²) in [6.07, 6.45) is 3.35. The quantitative estimate of drug-likeness (QED) is 0.247. The SMILES string of the molecule is CCO/C=C\C(=O)N=C=O. The van der Waals surface area contributed by atoms with Crippen molar-refractivity contribution in [1.82, 2.24) is 0 Å². The van der Waals surface area contributed by atoms with Crippen molar-refractivity contribution < 1.29 is 14.3 Å². The molecule has 4 nitrogen and oxygen atoms in total. The van der Waals surface area contributed by atoms with Crippen LogP contribution in [-0.4, -0.2) is 18.6 Å². The van der Waals surface area contributed by atoms with E-state index in [0.29, 0.717) is 6.61 Å². The van der Waals surface area contributed by atoms with Crippen molar-refractivity contribution >= 4 is 12.0 Å². The third-order valence-corrected chi connectivity index (χ3v) is 0.629. The van der Waals surface area contributed by atoms with Gasteiger partial charge in [0.2, 0.25) is 6.08 Å². The lowest BCUT2D eigenvalue weighted by atomic mass is 10.6. The lowest BCUT2D eigenvalue weighted by Crippen LogP contribution is -1.86. The first-order valence-corrected chi connectivity index (χ1v) is 2.71. The summed E-state index contributed by atoms with van der Waals surface area (Å²) in [4.78, 5) is 22.6. The fourth-order valence-electron chi connectivity index (χ4n) is 0.285. The summed E-state index contributed by atoms with van der Waals surface area (Å²) in [5.74, 6) is -0.663. The minimum Gasteiger partial charge on any atom is -0.501 e. The molecule has 4 heteroatoms. The molecule has 0 aliphatic rings. The number of ether oxygens (including phenoxy) is 1. The van der Waals surface area contributed by atoms with Crippen LogP contribution in [0, 0.1) is 0 Å². The molecule has 0 aliphatic carbocycles. The molecule has 10 heavy (non-hydrogen) atoms. The van der Waals surface area contributed by atoms with Gasteiger partial charge in [-0.1, -0.05) is 0 Å². The standard InChI is InChI=1S/C6H7NO3/c1-2-10-4-3-6(9)7-5-8/h3-4H,2H2,1H3/b4-3-. The molecule has 54 valence electrons. The van der Waals surface area contributed by atoms with E-state index < -0.39 is 5.91 Å². The fourth-order valence-corrected chi connectivity index (χ4v) is 0.285. The van der Waals surface area contributed by atoms with Crippen LogP contribution in [0.25, 0.3) is 0 Å². The number of amides is 1. The number of hydrogen-bond donors (Lipinski definition) is 0. The van der Waals surface area contributed by atoms with E-state index in [2.05, 4.69) is 9.73 Å². The molecule has 0 bridgehead atoms. The summed E-state index contributed by atoms with van der Waals surface area (Å²) in [6, 6.07) is 0. The number of rotatable bonds is 3. The molecule has 1 amide bonds. The van der Waals surface area contributed by atoms with Crippen LogP contribution in [-0.2, 0) is 14.3 Å². The predicted molar refractivity (Wildman–Crippen MR) is 33.9 cm³/mol. The van der Waals surface area contributed by atoms with Crippen molar-refractivity contribution in [2.45, 2.75) is 6.92 Å². The Balaban J connectivity index is 3.66. The largest absolute Gasteiger partial charge is 0.501 e. The molecule has 0 unspecified atom stereocenters. The Morgan fingerprint density at radius 2 is 2.50 bits per heavy atom. The van der Waals surface area contributed by atoms with Crippen molar-refractivity contribution in [3.05, 3.63) is 12.3 Å². The summed E-state index contributed by atoms with van der Waals surface area (Å²) >= 11 is 0. The van der Waals surface area contributed by atoms with Crippen LogP contribution in [0.5, 0.6) is 0 Å². The van der Waals surface area contributed by atoms with Crippen LogP contribution in [0.3, 0.4) is 0 Å². The Morgan fingerprint density at radius 3 is 3.00 bits per heavy atom. The topological polar surface area (TPSA) is 55.7 Å². The molecule has 0 aliphatic heterocycles. The molecule has 0 atom stereocenters. The Hall–Kier alpha value is -1.41. The Labute approximate surface area is 58.2 Å². The second-order valence-electron chi connectivity index (χ2n) is 1.30. The van der Waals surface area contributed by atoms with Crippen LogP contribution in [0.15, 0.2) is 17.3 Å². The van der Waals surface area contributed by atoms with Gasteiger partial charge in [0.05, 0.1) is 12.9 Å². The smallest absolute Gasteiger partial charge is 0.283 e. The van der Waals surface area contributed by atoms with E-state index in [-0.39, 0.29) is 0 Å². The molecule has 0 N–H and O–H groups in total. The highest BCUT2D eigenvalue weighted by Crippen LogP contribution is 1.79. The lowest BCUT2D eigenvalue weighted by molar-refractivity contribution is -0.113. The monoisotopic (exact) mass is 141 g/mol. The summed E-state index contributed by atoms with van der Waals surface area (Å²) in [5.41, 5.74) is 0. The summed E-state index contributed by atoms with van der Waals surface area (Å²) in [7, 11) is 0. The molecule has 0 aromatic carbocycles. The zero-order chi connectivity index (χ0) is 7.82. The maximum absolute atomic E-state index is 10.3. The molecular formula is C6H7NO3. The molecular weight excluding hydrogens is 134 g/mol. The highest BCUT2D eigenvalue weighted by atomic mass is 16.5. The van der Waals surface area contributed by atoms with Gasteiger partial charge in [-0.3, -0.25) is 4.79 Å². The van der Waals surface area contributed by atoms with E-state index in [4.69, 9.17) is 0 Å². The van der Waals surface area contributed by atoms with Gasteiger partial charge in [-0.2, -0.15) is 0 Å². The van der Waals surface area contributed by atoms with Gasteiger partial charge in [-0.05, 0) is 6.92 Å². The highest BCUT2D eigenvalue weighted by molar-refractivity contribution is 5.91. The second kappa shape index (κ2) is 5.72. The van der Waals surface area contributed by atoms with Crippen LogP contribution >= 0.6 is 0 Å². The van der Waals surface area contributed by atoms with Crippen molar-refractivity contribution in [2.24, 2.45) is 4.99 Å². The fraction of sp³-hybridized carbons (Fsp3) is 0.333. The highest BCUT2D eigenvalue weighted by Gasteiger charge is 1.86. The molecule has 0 radical (unpaired) electrons. The van der Waals surface area contributed by atoms with Gasteiger partial charge in [0.15, 0.2) is 0 Å². The molecule has 0 saturated heterocycles. The van der Waals surface area contributed by atoms with Crippen molar-refractivity contribution in [2.75, 3.05) is 6.61 Å². The molecule has 0 spiro atoms. The first kappa shape index (κ1) is 8.59. The number of isocyanates is 1. The first-order chi connectivity index (χ1) is 4.81. The zero-order valence-corrected chi connectivity index (χ0v) is 5.53. The molecule has 0 saturated carbocycles. The van der Waals surface area contributed by atoms with E-state index in [1.165, 1.54) is 6.26 Å². The number of hydrogen-bond acceptors (Lipinski definition) is 3. The van der Waals surface area contributed by atoms with Crippen LogP contribution < -0.4 is 0 Å². The molecule has 0 fully saturated rings. The van der Waals surface area contributed by atoms with E-state index >= 15 is 0 Å². The molecule has 0 heterocycles. The van der Waals surface area contributed by atoms with Crippen molar-refractivity contribution in [3.63, 3.8) is 0 Å². The van der Waals surface area contributed by atoms with Gasteiger partial charge in [-0.25, -0.2) is 4.79 Å². The number of carbonyl (C=O) groups is 1. The maximum Gasteiger partial charge on any atom is 0.283 e. The van der Waals surface area contributed by atoms with Gasteiger partial charge >= 0.3 is 0 Å². The minimum absolute atomic E-state index is 0.481. The Bertz CT molecular complexity index is 179. The Morgan fingerprint density at radius 1 is 1.80 bits per heavy atom. The van der Waals surface area contributed by atoms with Crippen molar-refractivity contribution in [1.29, 1.82) is 0 Å². The van der Waals surface area contributed by atoms with Gasteiger partial charge in [0.25, 0.3) is 5.91 Å². The number of aliphatic imine (C=N–C) groups is 1. The minimum atomic E-state index is -0.663. The van der Waals surface area contributed by atoms with E-state index in [0.717, 1.165) is 12.2 Å². The van der Waals surface area contributed by atoms with Crippen LogP contribution in [0.1, 0.15) is 6.92 Å². The zero-order valence-electron chi connectivity index (χ0n) is 5.53. The molecule has 0 rings (SSSR count). The van der Waals surface area contributed by atoms with E-state index in [1.54, 1.807) is 6.92 Å². The van der Waals surface area contributed by atoms with Gasteiger partial charge in [0.1, 0.15) is 0 Å². The summed E-state index contributed by atoms with van der Waals surface area (Å²) in [6.45, 7) is 2.26. The predicted octanol–water partition coefficient (Wildman–Crippen LogP) is 0.399. The second-order valence-corrected chi connectivity index (χ2v) is 1.30. The average molecular weight is 141 g/mol. The third-order valence-electron chi connectivity index (χ3n) is 0.629. The average Bonchev–Trinajstić information content (AvgIpc) is 1.89. The van der Waals surface area contributed by atoms with E-state index in [1.807, 2.05) is 0 Å². The molecule has 0 aromatic rings.